The number of nitrogens with zero attached hydrogens (tertiary/aromatic N) is 3. The quantitative estimate of drug-likeness (QED) is 0.280. The normalized spacial score (nSPS) is 11.8. The number of aromatic amines is 1. The monoisotopic (exact) mass is 488 g/mol. The zero-order valence-corrected chi connectivity index (χ0v) is 20.4. The smallest absolute Gasteiger partial charge is 0.208 e. The number of phenols is 1. The number of Topliss-reactive ketones (excluding diaryl/α,β-unsaturated/α-hetero) is 1. The molecule has 0 aliphatic carbocycles. The number of benzene rings is 3. The molecule has 3 aromatic carbocycles. The van der Waals surface area contributed by atoms with Crippen molar-refractivity contribution in [2.75, 3.05) is 7.11 Å². The zero-order chi connectivity index (χ0) is 25.7. The fraction of sp³-hybridized carbons (Fsp3) is 0.259. The summed E-state index contributed by atoms with van der Waals surface area (Å²) in [6.45, 7) is 3.71. The van der Waals surface area contributed by atoms with Crippen LogP contribution < -0.4 is 9.47 Å². The van der Waals surface area contributed by atoms with E-state index in [1.165, 1.54) is 6.92 Å². The minimum Gasteiger partial charge on any atom is -0.507 e. The van der Waals surface area contributed by atoms with Crippen molar-refractivity contribution in [2.45, 2.75) is 39.4 Å². The van der Waals surface area contributed by atoms with E-state index >= 15 is 0 Å². The van der Waals surface area contributed by atoms with Gasteiger partial charge in [0.2, 0.25) is 5.82 Å². The molecule has 0 fully saturated rings. The number of aliphatic hydroxyl groups is 1. The first-order valence-electron chi connectivity index (χ1n) is 11.6. The van der Waals surface area contributed by atoms with Crippen LogP contribution in [0.25, 0.3) is 11.4 Å². The van der Waals surface area contributed by atoms with Gasteiger partial charge in [0, 0.05) is 5.56 Å². The molecule has 0 amide bonds. The van der Waals surface area contributed by atoms with Crippen LogP contribution in [0.5, 0.6) is 17.2 Å². The second-order valence-corrected chi connectivity index (χ2v) is 8.37. The standard InChI is InChI=1S/C27H28N4O5/c1-4-5-21-24(13-11-20(16(2)32)26(21)34)36-15-17-6-8-18(9-7-17)25(33)19-10-12-23(35-3)22(14-19)27-28-30-31-29-27/h6-14,25,33-34H,4-5,15H2,1-3H3,(H,28,29,30,31). The van der Waals surface area contributed by atoms with E-state index < -0.39 is 6.10 Å². The van der Waals surface area contributed by atoms with E-state index in [4.69, 9.17) is 9.47 Å². The number of tetrazole rings is 1. The number of phenolic OH excluding ortho intramolecular Hbond substituents is 1. The minimum atomic E-state index is -0.872. The van der Waals surface area contributed by atoms with Crippen LogP contribution in [0.1, 0.15) is 59.0 Å². The number of H-pyrrole nitrogens is 1. The van der Waals surface area contributed by atoms with Gasteiger partial charge in [-0.3, -0.25) is 4.79 Å². The summed E-state index contributed by atoms with van der Waals surface area (Å²) in [6.07, 6.45) is 0.530. The van der Waals surface area contributed by atoms with Crippen LogP contribution in [0, 0.1) is 0 Å². The van der Waals surface area contributed by atoms with E-state index in [2.05, 4.69) is 20.6 Å². The molecule has 3 N–H and O–H groups in total. The first kappa shape index (κ1) is 24.9. The van der Waals surface area contributed by atoms with Gasteiger partial charge in [-0.1, -0.05) is 43.7 Å². The maximum atomic E-state index is 11.8. The van der Waals surface area contributed by atoms with Crippen LogP contribution in [0.15, 0.2) is 54.6 Å². The average molecular weight is 489 g/mol. The summed E-state index contributed by atoms with van der Waals surface area (Å²) >= 11 is 0. The van der Waals surface area contributed by atoms with Gasteiger partial charge in [0.25, 0.3) is 0 Å². The lowest BCUT2D eigenvalue weighted by atomic mass is 9.98. The van der Waals surface area contributed by atoms with E-state index in [1.807, 2.05) is 31.2 Å². The molecular formula is C27H28N4O5. The van der Waals surface area contributed by atoms with Crippen LogP contribution >= 0.6 is 0 Å². The molecule has 1 aromatic heterocycles. The summed E-state index contributed by atoms with van der Waals surface area (Å²) in [5.41, 5.74) is 3.81. The minimum absolute atomic E-state index is 0.0139. The molecule has 9 nitrogen and oxygen atoms in total. The molecule has 9 heteroatoms. The van der Waals surface area contributed by atoms with Gasteiger partial charge in [-0.05, 0) is 59.5 Å². The summed E-state index contributed by atoms with van der Waals surface area (Å²) < 4.78 is 11.4. The highest BCUT2D eigenvalue weighted by atomic mass is 16.5. The Labute approximate surface area is 208 Å². The summed E-state index contributed by atoms with van der Waals surface area (Å²) in [5, 5.41) is 35.5. The third kappa shape index (κ3) is 5.21. The summed E-state index contributed by atoms with van der Waals surface area (Å²) in [7, 11) is 1.56. The Morgan fingerprint density at radius 1 is 1.06 bits per heavy atom. The van der Waals surface area contributed by atoms with Crippen molar-refractivity contribution in [3.8, 4) is 28.6 Å². The molecule has 0 radical (unpaired) electrons. The lowest BCUT2D eigenvalue weighted by molar-refractivity contribution is 0.101. The Balaban J connectivity index is 1.50. The van der Waals surface area contributed by atoms with E-state index in [-0.39, 0.29) is 18.1 Å². The van der Waals surface area contributed by atoms with E-state index in [1.54, 1.807) is 37.4 Å². The molecule has 0 spiro atoms. The molecule has 186 valence electrons. The number of aliphatic hydroxyl groups excluding tert-OH is 1. The van der Waals surface area contributed by atoms with Gasteiger partial charge >= 0.3 is 0 Å². The number of carbonyl (C=O) groups is 1. The van der Waals surface area contributed by atoms with Gasteiger partial charge in [0.05, 0.1) is 18.2 Å². The van der Waals surface area contributed by atoms with Crippen LogP contribution in [-0.2, 0) is 13.0 Å². The third-order valence-corrected chi connectivity index (χ3v) is 5.93. The first-order valence-corrected chi connectivity index (χ1v) is 11.6. The first-order chi connectivity index (χ1) is 17.4. The lowest BCUT2D eigenvalue weighted by Gasteiger charge is -2.16. The lowest BCUT2D eigenvalue weighted by Crippen LogP contribution is -2.04. The Morgan fingerprint density at radius 2 is 1.78 bits per heavy atom. The predicted molar refractivity (Wildman–Crippen MR) is 133 cm³/mol. The van der Waals surface area contributed by atoms with E-state index in [9.17, 15) is 15.0 Å². The van der Waals surface area contributed by atoms with Gasteiger partial charge < -0.3 is 19.7 Å². The highest BCUT2D eigenvalue weighted by Crippen LogP contribution is 2.34. The van der Waals surface area contributed by atoms with Crippen LogP contribution in [0.3, 0.4) is 0 Å². The molecule has 0 saturated carbocycles. The van der Waals surface area contributed by atoms with E-state index in [0.717, 1.165) is 12.0 Å². The molecule has 36 heavy (non-hydrogen) atoms. The van der Waals surface area contributed by atoms with Crippen molar-refractivity contribution >= 4 is 5.78 Å². The molecular weight excluding hydrogens is 460 g/mol. The number of hydrogen-bond donors (Lipinski definition) is 3. The van der Waals surface area contributed by atoms with Crippen molar-refractivity contribution in [1.29, 1.82) is 0 Å². The van der Waals surface area contributed by atoms with Gasteiger partial charge in [-0.15, -0.1) is 10.2 Å². The van der Waals surface area contributed by atoms with Crippen LogP contribution in [-0.4, -0.2) is 43.7 Å². The molecule has 0 bridgehead atoms. The maximum Gasteiger partial charge on any atom is 0.208 e. The Morgan fingerprint density at radius 3 is 2.42 bits per heavy atom. The molecule has 1 heterocycles. The fourth-order valence-electron chi connectivity index (χ4n) is 4.02. The SMILES string of the molecule is CCCc1c(OCc2ccc(C(O)c3ccc(OC)c(-c4nn[nH]n4)c3)cc2)ccc(C(C)=O)c1O. The zero-order valence-electron chi connectivity index (χ0n) is 20.4. The van der Waals surface area contributed by atoms with Crippen LogP contribution in [0.4, 0.5) is 0 Å². The molecule has 4 aromatic rings. The number of hydrogen-bond acceptors (Lipinski definition) is 8. The van der Waals surface area contributed by atoms with Crippen molar-refractivity contribution in [3.63, 3.8) is 0 Å². The van der Waals surface area contributed by atoms with Gasteiger partial charge in [0.15, 0.2) is 5.78 Å². The summed E-state index contributed by atoms with van der Waals surface area (Å²) in [5.74, 6) is 1.30. The number of aromatic hydroxyl groups is 1. The van der Waals surface area contributed by atoms with Gasteiger partial charge in [-0.2, -0.15) is 5.21 Å². The number of ketones is 1. The number of carbonyl (C=O) groups excluding carboxylic acids is 1. The van der Waals surface area contributed by atoms with Crippen molar-refractivity contribution in [1.82, 2.24) is 20.6 Å². The largest absolute Gasteiger partial charge is 0.507 e. The number of nitrogens with one attached hydrogen (secondary N) is 1. The highest BCUT2D eigenvalue weighted by Gasteiger charge is 2.18. The third-order valence-electron chi connectivity index (χ3n) is 5.93. The molecule has 4 rings (SSSR count). The van der Waals surface area contributed by atoms with Crippen molar-refractivity contribution in [2.24, 2.45) is 0 Å². The molecule has 0 aliphatic rings. The summed E-state index contributed by atoms with van der Waals surface area (Å²) in [4.78, 5) is 11.8. The number of rotatable bonds is 10. The van der Waals surface area contributed by atoms with Crippen molar-refractivity contribution < 1.29 is 24.5 Å². The summed E-state index contributed by atoms with van der Waals surface area (Å²) in [6, 6.07) is 16.1. The Kier molecular flexibility index (Phi) is 7.60. The Hall–Kier alpha value is -4.24. The molecule has 0 aliphatic heterocycles. The second kappa shape index (κ2) is 11.0. The second-order valence-electron chi connectivity index (χ2n) is 8.37. The molecule has 0 saturated heterocycles. The Bertz CT molecular complexity index is 1340. The number of ether oxygens (including phenoxy) is 2. The molecule has 1 unspecified atom stereocenters. The molecule has 1 atom stereocenters. The van der Waals surface area contributed by atoms with Crippen LogP contribution in [0.2, 0.25) is 0 Å². The van der Waals surface area contributed by atoms with Gasteiger partial charge in [-0.25, -0.2) is 0 Å². The number of aromatic nitrogens is 4. The highest BCUT2D eigenvalue weighted by molar-refractivity contribution is 5.97. The number of methoxy groups -OCH3 is 1. The van der Waals surface area contributed by atoms with Crippen molar-refractivity contribution in [3.05, 3.63) is 82.4 Å². The topological polar surface area (TPSA) is 130 Å². The average Bonchev–Trinajstić information content (AvgIpc) is 3.43. The van der Waals surface area contributed by atoms with Gasteiger partial charge in [0.1, 0.15) is 30.0 Å². The maximum absolute atomic E-state index is 11.8. The predicted octanol–water partition coefficient (Wildman–Crippen LogP) is 4.40. The van der Waals surface area contributed by atoms with E-state index in [0.29, 0.717) is 51.6 Å². The fourth-order valence-corrected chi connectivity index (χ4v) is 4.02.